The minimum Gasteiger partial charge on any atom is -0.476 e. The standard InChI is InChI=1S/C20H32N6O4S/c1-8-25-17(13(4)5)16(15(23-25)12(2)3)22-19(27)24-31(28,29)14-9-21-26-10-20(6,7)11-30-18(14)26/h9,12-13H,8,10-11H2,1-7H3,(H2,22,24,27). The Morgan fingerprint density at radius 1 is 1.26 bits per heavy atom. The van der Waals surface area contributed by atoms with Crippen LogP contribution in [0.5, 0.6) is 5.88 Å². The van der Waals surface area contributed by atoms with Gasteiger partial charge < -0.3 is 10.1 Å². The van der Waals surface area contributed by atoms with E-state index in [1.165, 1.54) is 10.9 Å². The van der Waals surface area contributed by atoms with Gasteiger partial charge in [0.1, 0.15) is 0 Å². The molecule has 0 saturated carbocycles. The van der Waals surface area contributed by atoms with E-state index in [2.05, 4.69) is 20.2 Å². The van der Waals surface area contributed by atoms with Crippen molar-refractivity contribution in [2.24, 2.45) is 5.41 Å². The Morgan fingerprint density at radius 3 is 2.52 bits per heavy atom. The first kappa shape index (κ1) is 23.1. The number of aromatic nitrogens is 4. The highest BCUT2D eigenvalue weighted by atomic mass is 32.2. The van der Waals surface area contributed by atoms with Gasteiger partial charge in [-0.15, -0.1) is 0 Å². The molecule has 0 unspecified atom stereocenters. The lowest BCUT2D eigenvalue weighted by molar-refractivity contribution is 0.0970. The summed E-state index contributed by atoms with van der Waals surface area (Å²) in [7, 11) is -4.18. The van der Waals surface area contributed by atoms with Crippen LogP contribution in [0.15, 0.2) is 11.1 Å². The van der Waals surface area contributed by atoms with E-state index in [4.69, 9.17) is 4.74 Å². The smallest absolute Gasteiger partial charge is 0.333 e. The molecule has 2 aromatic rings. The van der Waals surface area contributed by atoms with Crippen LogP contribution in [0.25, 0.3) is 0 Å². The quantitative estimate of drug-likeness (QED) is 0.694. The predicted molar refractivity (Wildman–Crippen MR) is 117 cm³/mol. The van der Waals surface area contributed by atoms with E-state index in [9.17, 15) is 13.2 Å². The second-order valence-electron chi connectivity index (χ2n) is 9.25. The second-order valence-corrected chi connectivity index (χ2v) is 10.9. The summed E-state index contributed by atoms with van der Waals surface area (Å²) in [5.41, 5.74) is 1.96. The van der Waals surface area contributed by atoms with Gasteiger partial charge in [0.2, 0.25) is 5.88 Å². The first-order valence-electron chi connectivity index (χ1n) is 10.5. The molecular formula is C20H32N6O4S. The number of ether oxygens (including phenoxy) is 1. The molecule has 0 aliphatic carbocycles. The zero-order valence-electron chi connectivity index (χ0n) is 19.2. The summed E-state index contributed by atoms with van der Waals surface area (Å²) >= 11 is 0. The van der Waals surface area contributed by atoms with Crippen LogP contribution >= 0.6 is 0 Å². The van der Waals surface area contributed by atoms with Crippen LogP contribution in [-0.2, 0) is 23.1 Å². The van der Waals surface area contributed by atoms with Gasteiger partial charge in [-0.1, -0.05) is 41.5 Å². The third kappa shape index (κ3) is 4.56. The summed E-state index contributed by atoms with van der Waals surface area (Å²) in [5.74, 6) is 0.284. The number of fused-ring (bicyclic) bond motifs is 1. The molecule has 3 rings (SSSR count). The molecule has 0 radical (unpaired) electrons. The van der Waals surface area contributed by atoms with Crippen molar-refractivity contribution in [1.82, 2.24) is 24.3 Å². The van der Waals surface area contributed by atoms with E-state index in [1.807, 2.05) is 53.1 Å². The van der Waals surface area contributed by atoms with Crippen LogP contribution in [0.2, 0.25) is 0 Å². The fourth-order valence-corrected chi connectivity index (χ4v) is 4.67. The number of carbonyl (C=O) groups is 1. The monoisotopic (exact) mass is 452 g/mol. The van der Waals surface area contributed by atoms with Crippen molar-refractivity contribution in [3.8, 4) is 5.88 Å². The lowest BCUT2D eigenvalue weighted by Gasteiger charge is -2.30. The highest BCUT2D eigenvalue weighted by Gasteiger charge is 2.34. The molecule has 31 heavy (non-hydrogen) atoms. The number of hydrogen-bond donors (Lipinski definition) is 2. The first-order valence-corrected chi connectivity index (χ1v) is 12.0. The summed E-state index contributed by atoms with van der Waals surface area (Å²) in [6.45, 7) is 15.5. The molecule has 0 atom stereocenters. The third-order valence-electron chi connectivity index (χ3n) is 5.10. The number of amides is 2. The summed E-state index contributed by atoms with van der Waals surface area (Å²) < 4.78 is 36.9. The molecule has 11 heteroatoms. The molecule has 1 aliphatic rings. The maximum Gasteiger partial charge on any atom is 0.333 e. The van der Waals surface area contributed by atoms with Crippen LogP contribution < -0.4 is 14.8 Å². The highest BCUT2D eigenvalue weighted by Crippen LogP contribution is 2.34. The normalized spacial score (nSPS) is 15.6. The Labute approximate surface area is 183 Å². The Balaban J connectivity index is 1.87. The number of nitrogens with zero attached hydrogens (tertiary/aromatic N) is 4. The number of nitrogens with one attached hydrogen (secondary N) is 2. The van der Waals surface area contributed by atoms with Crippen LogP contribution in [0, 0.1) is 5.41 Å². The van der Waals surface area contributed by atoms with Crippen LogP contribution in [0.1, 0.15) is 71.7 Å². The summed E-state index contributed by atoms with van der Waals surface area (Å²) in [6.07, 6.45) is 1.21. The number of urea groups is 1. The molecule has 0 aromatic carbocycles. The van der Waals surface area contributed by atoms with Gasteiger partial charge in [0.25, 0.3) is 10.0 Å². The van der Waals surface area contributed by atoms with Gasteiger partial charge in [0.05, 0.1) is 36.4 Å². The van der Waals surface area contributed by atoms with Gasteiger partial charge in [-0.05, 0) is 18.8 Å². The SMILES string of the molecule is CCn1nc(C(C)C)c(NC(=O)NS(=O)(=O)c2cnn3c2OCC(C)(C)C3)c1C(C)C. The Bertz CT molecular complexity index is 1080. The van der Waals surface area contributed by atoms with Crippen molar-refractivity contribution >= 4 is 21.7 Å². The minimum atomic E-state index is -4.18. The zero-order chi connectivity index (χ0) is 23.1. The van der Waals surface area contributed by atoms with E-state index in [-0.39, 0.29) is 28.0 Å². The Morgan fingerprint density at radius 2 is 1.94 bits per heavy atom. The molecule has 0 bridgehead atoms. The largest absolute Gasteiger partial charge is 0.476 e. The number of hydrogen-bond acceptors (Lipinski definition) is 6. The molecule has 2 aromatic heterocycles. The molecule has 172 valence electrons. The van der Waals surface area contributed by atoms with E-state index >= 15 is 0 Å². The number of anilines is 1. The average molecular weight is 453 g/mol. The Hall–Kier alpha value is -2.56. The van der Waals surface area contributed by atoms with Crippen molar-refractivity contribution in [2.75, 3.05) is 11.9 Å². The van der Waals surface area contributed by atoms with Crippen molar-refractivity contribution in [2.45, 2.75) is 78.3 Å². The van der Waals surface area contributed by atoms with E-state index in [1.54, 1.807) is 0 Å². The lowest BCUT2D eigenvalue weighted by atomic mass is 9.94. The van der Waals surface area contributed by atoms with Crippen LogP contribution in [-0.4, -0.2) is 40.6 Å². The molecule has 0 fully saturated rings. The molecular weight excluding hydrogens is 420 g/mol. The summed E-state index contributed by atoms with van der Waals surface area (Å²) in [6, 6.07) is -0.851. The van der Waals surface area contributed by atoms with Crippen molar-refractivity contribution in [3.05, 3.63) is 17.6 Å². The van der Waals surface area contributed by atoms with Gasteiger partial charge in [0.15, 0.2) is 4.90 Å². The Kier molecular flexibility index (Phi) is 6.09. The van der Waals surface area contributed by atoms with Crippen molar-refractivity contribution in [1.29, 1.82) is 0 Å². The predicted octanol–water partition coefficient (Wildman–Crippen LogP) is 3.28. The van der Waals surface area contributed by atoms with Gasteiger partial charge in [-0.25, -0.2) is 22.6 Å². The van der Waals surface area contributed by atoms with E-state index in [0.717, 1.165) is 5.69 Å². The third-order valence-corrected chi connectivity index (χ3v) is 6.42. The molecule has 0 spiro atoms. The number of aryl methyl sites for hydroxylation is 1. The zero-order valence-corrected chi connectivity index (χ0v) is 20.0. The molecule has 2 amide bonds. The maximum atomic E-state index is 12.9. The van der Waals surface area contributed by atoms with Crippen molar-refractivity contribution in [3.63, 3.8) is 0 Å². The average Bonchev–Trinajstić information content (AvgIpc) is 3.21. The van der Waals surface area contributed by atoms with Gasteiger partial charge in [-0.3, -0.25) is 4.68 Å². The van der Waals surface area contributed by atoms with Gasteiger partial charge in [0, 0.05) is 12.0 Å². The lowest BCUT2D eigenvalue weighted by Crippen LogP contribution is -2.36. The number of carbonyl (C=O) groups excluding carboxylic acids is 1. The highest BCUT2D eigenvalue weighted by molar-refractivity contribution is 7.90. The fourth-order valence-electron chi connectivity index (χ4n) is 3.68. The van der Waals surface area contributed by atoms with E-state index in [0.29, 0.717) is 31.1 Å². The number of rotatable bonds is 6. The van der Waals surface area contributed by atoms with E-state index < -0.39 is 16.1 Å². The maximum absolute atomic E-state index is 12.9. The number of sulfonamides is 1. The van der Waals surface area contributed by atoms with Crippen LogP contribution in [0.3, 0.4) is 0 Å². The molecule has 0 saturated heterocycles. The van der Waals surface area contributed by atoms with Crippen molar-refractivity contribution < 1.29 is 17.9 Å². The first-order chi connectivity index (χ1) is 14.4. The van der Waals surface area contributed by atoms with Gasteiger partial charge >= 0.3 is 6.03 Å². The molecule has 3 heterocycles. The fraction of sp³-hybridized carbons (Fsp3) is 0.650. The summed E-state index contributed by atoms with van der Waals surface area (Å²) in [4.78, 5) is 12.6. The minimum absolute atomic E-state index is 0.0525. The van der Waals surface area contributed by atoms with Crippen LogP contribution in [0.4, 0.5) is 10.5 Å². The molecule has 2 N–H and O–H groups in total. The summed E-state index contributed by atoms with van der Waals surface area (Å²) in [5, 5.41) is 11.5. The molecule has 1 aliphatic heterocycles. The molecule has 10 nitrogen and oxygen atoms in total. The topological polar surface area (TPSA) is 120 Å². The van der Waals surface area contributed by atoms with Gasteiger partial charge in [-0.2, -0.15) is 10.2 Å². The second kappa shape index (κ2) is 8.18.